The lowest BCUT2D eigenvalue weighted by Crippen LogP contribution is -2.45. The van der Waals surface area contributed by atoms with Gasteiger partial charge in [0.15, 0.2) is 9.84 Å². The Hall–Kier alpha value is 0.350. The van der Waals surface area contributed by atoms with Crippen LogP contribution in [0.3, 0.4) is 0 Å². The van der Waals surface area contributed by atoms with Crippen LogP contribution in [0.25, 0.3) is 0 Å². The van der Waals surface area contributed by atoms with Crippen molar-refractivity contribution in [2.75, 3.05) is 37.3 Å². The van der Waals surface area contributed by atoms with Crippen molar-refractivity contribution >= 4 is 25.8 Å². The van der Waals surface area contributed by atoms with Crippen molar-refractivity contribution in [1.82, 2.24) is 4.90 Å². The smallest absolute Gasteiger partial charge is 0.153 e. The average Bonchev–Trinajstić information content (AvgIpc) is 2.26. The molecule has 0 saturated carbocycles. The van der Waals surface area contributed by atoms with Crippen LogP contribution in [0.1, 0.15) is 13.8 Å². The van der Waals surface area contributed by atoms with E-state index in [1.54, 1.807) is 13.8 Å². The Bertz CT molecular complexity index is 305. The van der Waals surface area contributed by atoms with Gasteiger partial charge in [-0.3, -0.25) is 4.90 Å². The second-order valence-electron chi connectivity index (χ2n) is 4.36. The summed E-state index contributed by atoms with van der Waals surface area (Å²) in [5.41, 5.74) is 0. The third-order valence-corrected chi connectivity index (χ3v) is 5.72. The zero-order chi connectivity index (χ0) is 12.2. The molecule has 0 bridgehead atoms. The fraction of sp³-hybridized carbons (Fsp3) is 1.00. The Morgan fingerprint density at radius 3 is 2.75 bits per heavy atom. The lowest BCUT2D eigenvalue weighted by atomic mass is 10.3. The molecule has 0 aromatic carbocycles. The van der Waals surface area contributed by atoms with Gasteiger partial charge in [-0.25, -0.2) is 8.42 Å². The van der Waals surface area contributed by atoms with Crippen molar-refractivity contribution in [1.29, 1.82) is 0 Å². The number of morpholine rings is 1. The van der Waals surface area contributed by atoms with Gasteiger partial charge in [0.1, 0.15) is 0 Å². The van der Waals surface area contributed by atoms with Crippen LogP contribution in [0.5, 0.6) is 0 Å². The SMILES string of the molecule is CC(C)S(=O)(=O)CCN1CCOC(CBr)C1. The van der Waals surface area contributed by atoms with Crippen LogP contribution in [-0.2, 0) is 14.6 Å². The predicted molar refractivity (Wildman–Crippen MR) is 68.9 cm³/mol. The van der Waals surface area contributed by atoms with E-state index in [9.17, 15) is 8.42 Å². The molecular weight excluding hydrogens is 294 g/mol. The highest BCUT2D eigenvalue weighted by Crippen LogP contribution is 2.09. The van der Waals surface area contributed by atoms with Gasteiger partial charge in [-0.05, 0) is 13.8 Å². The minimum Gasteiger partial charge on any atom is -0.375 e. The van der Waals surface area contributed by atoms with Crippen LogP contribution in [0, 0.1) is 0 Å². The van der Waals surface area contributed by atoms with E-state index >= 15 is 0 Å². The van der Waals surface area contributed by atoms with Crippen LogP contribution in [0.2, 0.25) is 0 Å². The number of hydrogen-bond acceptors (Lipinski definition) is 4. The van der Waals surface area contributed by atoms with E-state index in [1.807, 2.05) is 0 Å². The third kappa shape index (κ3) is 4.31. The molecule has 1 rings (SSSR count). The van der Waals surface area contributed by atoms with E-state index in [0.717, 1.165) is 18.4 Å². The lowest BCUT2D eigenvalue weighted by molar-refractivity contribution is -0.0128. The van der Waals surface area contributed by atoms with Crippen molar-refractivity contribution < 1.29 is 13.2 Å². The normalized spacial score (nSPS) is 23.9. The van der Waals surface area contributed by atoms with E-state index in [2.05, 4.69) is 20.8 Å². The number of nitrogens with zero attached hydrogens (tertiary/aromatic N) is 1. The summed E-state index contributed by atoms with van der Waals surface area (Å²) in [5, 5.41) is 0.529. The Balaban J connectivity index is 2.38. The summed E-state index contributed by atoms with van der Waals surface area (Å²) < 4.78 is 28.8. The first-order valence-corrected chi connectivity index (χ1v) is 8.41. The molecule has 0 N–H and O–H groups in total. The zero-order valence-corrected chi connectivity index (χ0v) is 12.3. The minimum absolute atomic E-state index is 0.190. The maximum Gasteiger partial charge on any atom is 0.153 e. The van der Waals surface area contributed by atoms with Crippen molar-refractivity contribution in [3.05, 3.63) is 0 Å². The Labute approximate surface area is 106 Å². The molecule has 0 aromatic rings. The van der Waals surface area contributed by atoms with Gasteiger partial charge in [-0.15, -0.1) is 0 Å². The van der Waals surface area contributed by atoms with Gasteiger partial charge >= 0.3 is 0 Å². The monoisotopic (exact) mass is 313 g/mol. The summed E-state index contributed by atoms with van der Waals surface area (Å²) in [6.07, 6.45) is 0.190. The minimum atomic E-state index is -2.92. The Morgan fingerprint density at radius 1 is 1.50 bits per heavy atom. The van der Waals surface area contributed by atoms with E-state index in [4.69, 9.17) is 4.74 Å². The molecule has 1 aliphatic rings. The first-order valence-electron chi connectivity index (χ1n) is 5.57. The molecule has 0 aromatic heterocycles. The van der Waals surface area contributed by atoms with E-state index < -0.39 is 9.84 Å². The summed E-state index contributed by atoms with van der Waals surface area (Å²) in [5.74, 6) is 0.250. The number of sulfone groups is 1. The van der Waals surface area contributed by atoms with Gasteiger partial charge in [0.25, 0.3) is 0 Å². The van der Waals surface area contributed by atoms with Gasteiger partial charge in [0, 0.05) is 25.0 Å². The number of rotatable bonds is 5. The summed E-state index contributed by atoms with van der Waals surface area (Å²) in [6, 6.07) is 0. The Morgan fingerprint density at radius 2 is 2.19 bits per heavy atom. The first-order chi connectivity index (χ1) is 7.45. The second kappa shape index (κ2) is 6.33. The largest absolute Gasteiger partial charge is 0.375 e. The molecule has 1 aliphatic heterocycles. The quantitative estimate of drug-likeness (QED) is 0.708. The number of hydrogen-bond donors (Lipinski definition) is 0. The molecule has 0 spiro atoms. The fourth-order valence-electron chi connectivity index (χ4n) is 1.57. The highest BCUT2D eigenvalue weighted by atomic mass is 79.9. The first kappa shape index (κ1) is 14.4. The average molecular weight is 314 g/mol. The summed E-state index contributed by atoms with van der Waals surface area (Å²) in [4.78, 5) is 2.16. The van der Waals surface area contributed by atoms with Crippen molar-refractivity contribution in [3.8, 4) is 0 Å². The van der Waals surface area contributed by atoms with Crippen LogP contribution < -0.4 is 0 Å². The molecule has 0 amide bonds. The van der Waals surface area contributed by atoms with Crippen LogP contribution in [0.4, 0.5) is 0 Å². The standard InChI is InChI=1S/C10H20BrNO3S/c1-9(2)16(13,14)6-4-12-3-5-15-10(7-11)8-12/h9-10H,3-8H2,1-2H3. The fourth-order valence-corrected chi connectivity index (χ4v) is 2.94. The number of alkyl halides is 1. The molecule has 1 atom stereocenters. The summed E-state index contributed by atoms with van der Waals surface area (Å²) in [6.45, 7) is 6.42. The van der Waals surface area contributed by atoms with Crippen LogP contribution in [-0.4, -0.2) is 62.0 Å². The van der Waals surface area contributed by atoms with Gasteiger partial charge < -0.3 is 4.74 Å². The van der Waals surface area contributed by atoms with Gasteiger partial charge in [-0.1, -0.05) is 15.9 Å². The molecule has 6 heteroatoms. The highest BCUT2D eigenvalue weighted by molar-refractivity contribution is 9.09. The molecule has 1 fully saturated rings. The second-order valence-corrected chi connectivity index (χ2v) is 7.69. The van der Waals surface area contributed by atoms with Gasteiger partial charge in [-0.2, -0.15) is 0 Å². The number of halogens is 1. The lowest BCUT2D eigenvalue weighted by Gasteiger charge is -2.32. The van der Waals surface area contributed by atoms with Crippen LogP contribution >= 0.6 is 15.9 Å². The third-order valence-electron chi connectivity index (χ3n) is 2.81. The van der Waals surface area contributed by atoms with Crippen molar-refractivity contribution in [3.63, 3.8) is 0 Å². The van der Waals surface area contributed by atoms with Gasteiger partial charge in [0.2, 0.25) is 0 Å². The molecule has 1 saturated heterocycles. The maximum absolute atomic E-state index is 11.7. The summed E-state index contributed by atoms with van der Waals surface area (Å²) in [7, 11) is -2.92. The molecular formula is C10H20BrNO3S. The molecule has 16 heavy (non-hydrogen) atoms. The topological polar surface area (TPSA) is 46.6 Å². The summed E-state index contributed by atoms with van der Waals surface area (Å²) >= 11 is 3.38. The van der Waals surface area contributed by atoms with Crippen molar-refractivity contribution in [2.24, 2.45) is 0 Å². The van der Waals surface area contributed by atoms with Crippen LogP contribution in [0.15, 0.2) is 0 Å². The van der Waals surface area contributed by atoms with Crippen molar-refractivity contribution in [2.45, 2.75) is 25.2 Å². The molecule has 0 aliphatic carbocycles. The highest BCUT2D eigenvalue weighted by Gasteiger charge is 2.22. The Kier molecular flexibility index (Phi) is 5.70. The molecule has 0 radical (unpaired) electrons. The molecule has 4 nitrogen and oxygen atoms in total. The molecule has 1 unspecified atom stereocenters. The molecule has 1 heterocycles. The number of ether oxygens (including phenoxy) is 1. The predicted octanol–water partition coefficient (Wildman–Crippen LogP) is 0.905. The maximum atomic E-state index is 11.7. The van der Waals surface area contributed by atoms with E-state index in [1.165, 1.54) is 0 Å². The van der Waals surface area contributed by atoms with E-state index in [0.29, 0.717) is 13.2 Å². The van der Waals surface area contributed by atoms with E-state index in [-0.39, 0.29) is 17.1 Å². The molecule has 96 valence electrons. The van der Waals surface area contributed by atoms with Gasteiger partial charge in [0.05, 0.1) is 23.7 Å². The zero-order valence-electron chi connectivity index (χ0n) is 9.86.